The normalized spacial score (nSPS) is 13.0. The van der Waals surface area contributed by atoms with Crippen LogP contribution < -0.4 is 10.5 Å². The lowest BCUT2D eigenvalue weighted by molar-refractivity contribution is 0.214. The van der Waals surface area contributed by atoms with E-state index in [0.717, 1.165) is 5.69 Å². The second-order valence-corrected chi connectivity index (χ2v) is 3.37. The Bertz CT molecular complexity index is 466. The van der Waals surface area contributed by atoms with Gasteiger partial charge in [-0.15, -0.1) is 0 Å². The highest BCUT2D eigenvalue weighted by molar-refractivity contribution is 5.32. The van der Waals surface area contributed by atoms with Gasteiger partial charge in [0, 0.05) is 18.3 Å². The molecule has 0 aliphatic heterocycles. The van der Waals surface area contributed by atoms with E-state index in [9.17, 15) is 0 Å². The molecule has 6 nitrogen and oxygen atoms in total. The fourth-order valence-corrected chi connectivity index (χ4v) is 1.24. The molecule has 0 bridgehead atoms. The number of hydrogen-bond acceptors (Lipinski definition) is 5. The first kappa shape index (κ1) is 9.85. The van der Waals surface area contributed by atoms with Gasteiger partial charge in [-0.25, -0.2) is 4.98 Å². The van der Waals surface area contributed by atoms with Crippen LogP contribution in [0.15, 0.2) is 12.4 Å². The zero-order valence-corrected chi connectivity index (χ0v) is 8.71. The van der Waals surface area contributed by atoms with Crippen molar-refractivity contribution in [1.82, 2.24) is 19.6 Å². The minimum atomic E-state index is -0.0563. The first-order chi connectivity index (χ1) is 7.20. The second-order valence-electron chi connectivity index (χ2n) is 3.37. The number of ether oxygens (including phenoxy) is 1. The van der Waals surface area contributed by atoms with E-state index in [-0.39, 0.29) is 6.10 Å². The molecule has 2 N–H and O–H groups in total. The summed E-state index contributed by atoms with van der Waals surface area (Å²) in [7, 11) is 0. The van der Waals surface area contributed by atoms with Crippen LogP contribution in [0.25, 0.3) is 5.78 Å². The van der Waals surface area contributed by atoms with Crippen LogP contribution in [-0.4, -0.2) is 32.2 Å². The quantitative estimate of drug-likeness (QED) is 0.775. The van der Waals surface area contributed by atoms with Crippen molar-refractivity contribution >= 4 is 5.78 Å². The summed E-state index contributed by atoms with van der Waals surface area (Å²) in [5, 5.41) is 4.02. The molecule has 0 aliphatic rings. The molecule has 0 unspecified atom stereocenters. The van der Waals surface area contributed by atoms with E-state index in [4.69, 9.17) is 10.5 Å². The number of hydrogen-bond donors (Lipinski definition) is 1. The number of rotatable bonds is 3. The van der Waals surface area contributed by atoms with Crippen molar-refractivity contribution in [1.29, 1.82) is 0 Å². The van der Waals surface area contributed by atoms with Crippen LogP contribution in [0.4, 0.5) is 0 Å². The zero-order chi connectivity index (χ0) is 10.8. The summed E-state index contributed by atoms with van der Waals surface area (Å²) >= 11 is 0. The summed E-state index contributed by atoms with van der Waals surface area (Å²) in [5.41, 5.74) is 6.33. The monoisotopic (exact) mass is 207 g/mol. The highest BCUT2D eigenvalue weighted by atomic mass is 16.5. The standard InChI is InChI=1S/C9H13N5O/c1-6-3-8(15-7(2)4-10)14-9(13-6)11-5-12-14/h3,5,7H,4,10H2,1-2H3/t7-/m0/s1. The molecule has 2 aromatic rings. The number of nitrogens with two attached hydrogens (primary N) is 1. The third-order valence-electron chi connectivity index (χ3n) is 2.00. The first-order valence-corrected chi connectivity index (χ1v) is 4.75. The molecule has 2 rings (SSSR count). The summed E-state index contributed by atoms with van der Waals surface area (Å²) in [6.45, 7) is 4.24. The molecule has 1 atom stereocenters. The van der Waals surface area contributed by atoms with Gasteiger partial charge in [0.25, 0.3) is 5.78 Å². The number of nitrogens with zero attached hydrogens (tertiary/aromatic N) is 4. The molecule has 15 heavy (non-hydrogen) atoms. The Morgan fingerprint density at radius 2 is 2.40 bits per heavy atom. The summed E-state index contributed by atoms with van der Waals surface area (Å²) in [5.74, 6) is 1.15. The Balaban J connectivity index is 2.44. The maximum atomic E-state index is 5.61. The van der Waals surface area contributed by atoms with Gasteiger partial charge in [-0.3, -0.25) is 0 Å². The molecular weight excluding hydrogens is 194 g/mol. The molecule has 0 spiro atoms. The zero-order valence-electron chi connectivity index (χ0n) is 8.71. The average Bonchev–Trinajstić information content (AvgIpc) is 2.65. The first-order valence-electron chi connectivity index (χ1n) is 4.75. The van der Waals surface area contributed by atoms with Crippen molar-refractivity contribution in [2.45, 2.75) is 20.0 Å². The van der Waals surface area contributed by atoms with Crippen molar-refractivity contribution in [2.75, 3.05) is 6.54 Å². The summed E-state index contributed by atoms with van der Waals surface area (Å²) in [6.07, 6.45) is 1.39. The summed E-state index contributed by atoms with van der Waals surface area (Å²) < 4.78 is 7.17. The van der Waals surface area contributed by atoms with Gasteiger partial charge in [0.15, 0.2) is 0 Å². The molecule has 0 amide bonds. The minimum absolute atomic E-state index is 0.0563. The van der Waals surface area contributed by atoms with Gasteiger partial charge in [0.2, 0.25) is 5.88 Å². The van der Waals surface area contributed by atoms with E-state index in [2.05, 4.69) is 15.1 Å². The van der Waals surface area contributed by atoms with Crippen molar-refractivity contribution in [3.05, 3.63) is 18.1 Å². The molecule has 0 fully saturated rings. The van der Waals surface area contributed by atoms with Crippen LogP contribution in [-0.2, 0) is 0 Å². The van der Waals surface area contributed by atoms with Crippen LogP contribution in [0.1, 0.15) is 12.6 Å². The van der Waals surface area contributed by atoms with Gasteiger partial charge in [-0.2, -0.15) is 14.6 Å². The average molecular weight is 207 g/mol. The van der Waals surface area contributed by atoms with Crippen molar-refractivity contribution in [2.24, 2.45) is 5.73 Å². The molecule has 0 aromatic carbocycles. The van der Waals surface area contributed by atoms with Crippen LogP contribution in [0.5, 0.6) is 5.88 Å². The molecule has 0 saturated carbocycles. The molecular formula is C9H13N5O. The Hall–Kier alpha value is -1.69. The third-order valence-corrected chi connectivity index (χ3v) is 2.00. The predicted octanol–water partition coefficient (Wildman–Crippen LogP) is 0.159. The van der Waals surface area contributed by atoms with Crippen molar-refractivity contribution < 1.29 is 4.74 Å². The number of aromatic nitrogens is 4. The fourth-order valence-electron chi connectivity index (χ4n) is 1.24. The lowest BCUT2D eigenvalue weighted by Crippen LogP contribution is -2.24. The van der Waals surface area contributed by atoms with Crippen LogP contribution in [0.2, 0.25) is 0 Å². The van der Waals surface area contributed by atoms with Crippen molar-refractivity contribution in [3.8, 4) is 5.88 Å². The summed E-state index contributed by atoms with van der Waals surface area (Å²) in [4.78, 5) is 8.21. The topological polar surface area (TPSA) is 78.3 Å². The van der Waals surface area contributed by atoms with Gasteiger partial charge in [0.05, 0.1) is 0 Å². The Morgan fingerprint density at radius 3 is 3.13 bits per heavy atom. The highest BCUT2D eigenvalue weighted by Gasteiger charge is 2.09. The second kappa shape index (κ2) is 3.82. The molecule has 0 radical (unpaired) electrons. The van der Waals surface area contributed by atoms with Gasteiger partial charge >= 0.3 is 0 Å². The SMILES string of the molecule is Cc1cc(O[C@@H](C)CN)n2ncnc2n1. The minimum Gasteiger partial charge on any atom is -0.473 e. The van der Waals surface area contributed by atoms with Crippen LogP contribution in [0.3, 0.4) is 0 Å². The highest BCUT2D eigenvalue weighted by Crippen LogP contribution is 2.13. The Labute approximate surface area is 87.1 Å². The predicted molar refractivity (Wildman–Crippen MR) is 54.7 cm³/mol. The number of aryl methyl sites for hydroxylation is 1. The molecule has 0 saturated heterocycles. The maximum absolute atomic E-state index is 5.61. The Kier molecular flexibility index (Phi) is 2.51. The van der Waals surface area contributed by atoms with Crippen molar-refractivity contribution in [3.63, 3.8) is 0 Å². The largest absolute Gasteiger partial charge is 0.473 e. The van der Waals surface area contributed by atoms with E-state index in [1.807, 2.05) is 19.9 Å². The molecule has 0 aliphatic carbocycles. The number of fused-ring (bicyclic) bond motifs is 1. The van der Waals surface area contributed by atoms with Gasteiger partial charge < -0.3 is 10.5 Å². The van der Waals surface area contributed by atoms with E-state index < -0.39 is 0 Å². The van der Waals surface area contributed by atoms with E-state index in [1.165, 1.54) is 6.33 Å². The van der Waals surface area contributed by atoms with Gasteiger partial charge in [-0.1, -0.05) is 0 Å². The lowest BCUT2D eigenvalue weighted by Gasteiger charge is -2.12. The fraction of sp³-hybridized carbons (Fsp3) is 0.444. The molecule has 2 aromatic heterocycles. The van der Waals surface area contributed by atoms with Crippen LogP contribution in [0, 0.1) is 6.92 Å². The van der Waals surface area contributed by atoms with Crippen LogP contribution >= 0.6 is 0 Å². The molecule has 6 heteroatoms. The maximum Gasteiger partial charge on any atom is 0.255 e. The van der Waals surface area contributed by atoms with Gasteiger partial charge in [-0.05, 0) is 13.8 Å². The smallest absolute Gasteiger partial charge is 0.255 e. The summed E-state index contributed by atoms with van der Waals surface area (Å²) in [6, 6.07) is 1.81. The van der Waals surface area contributed by atoms with Gasteiger partial charge in [0.1, 0.15) is 12.4 Å². The van der Waals surface area contributed by atoms with E-state index in [1.54, 1.807) is 4.52 Å². The molecule has 2 heterocycles. The van der Waals surface area contributed by atoms with E-state index >= 15 is 0 Å². The molecule has 80 valence electrons. The lowest BCUT2D eigenvalue weighted by atomic mass is 10.4. The van der Waals surface area contributed by atoms with E-state index in [0.29, 0.717) is 18.2 Å². The third kappa shape index (κ3) is 1.89. The Morgan fingerprint density at radius 1 is 1.60 bits per heavy atom.